The minimum absolute atomic E-state index is 0.198. The summed E-state index contributed by atoms with van der Waals surface area (Å²) in [7, 11) is 0. The summed E-state index contributed by atoms with van der Waals surface area (Å²) in [6.07, 6.45) is 5.53. The molecule has 1 heterocycles. The summed E-state index contributed by atoms with van der Waals surface area (Å²) in [5.41, 5.74) is 3.06. The molecule has 0 spiro atoms. The minimum atomic E-state index is -0.198. The Bertz CT molecular complexity index is 587. The average Bonchev–Trinajstić information content (AvgIpc) is 3.18. The van der Waals surface area contributed by atoms with Crippen LogP contribution in [0.5, 0.6) is 0 Å². The van der Waals surface area contributed by atoms with E-state index in [1.54, 1.807) is 6.07 Å². The maximum atomic E-state index is 13.5. The second-order valence-electron chi connectivity index (χ2n) is 5.41. The zero-order valence-electron chi connectivity index (χ0n) is 11.8. The number of rotatable bonds is 6. The Balaban J connectivity index is 1.85. The fourth-order valence-corrected chi connectivity index (χ4v) is 2.39. The molecule has 0 unspecified atom stereocenters. The van der Waals surface area contributed by atoms with Gasteiger partial charge in [0.15, 0.2) is 0 Å². The van der Waals surface area contributed by atoms with Crippen LogP contribution in [0.25, 0.3) is 5.69 Å². The van der Waals surface area contributed by atoms with Gasteiger partial charge in [-0.05, 0) is 55.6 Å². The van der Waals surface area contributed by atoms with Gasteiger partial charge in [0.05, 0.1) is 11.4 Å². The highest BCUT2D eigenvalue weighted by molar-refractivity contribution is 5.41. The van der Waals surface area contributed by atoms with Gasteiger partial charge < -0.3 is 5.32 Å². The van der Waals surface area contributed by atoms with Gasteiger partial charge in [0.2, 0.25) is 0 Å². The van der Waals surface area contributed by atoms with Crippen LogP contribution >= 0.6 is 0 Å². The van der Waals surface area contributed by atoms with E-state index in [2.05, 4.69) is 23.4 Å². The molecule has 0 atom stereocenters. The molecule has 1 aromatic heterocycles. The molecule has 106 valence electrons. The van der Waals surface area contributed by atoms with Crippen molar-refractivity contribution in [2.75, 3.05) is 6.54 Å². The van der Waals surface area contributed by atoms with Gasteiger partial charge >= 0.3 is 0 Å². The fourth-order valence-electron chi connectivity index (χ4n) is 2.39. The predicted molar refractivity (Wildman–Crippen MR) is 77.5 cm³/mol. The first-order valence-corrected chi connectivity index (χ1v) is 7.33. The van der Waals surface area contributed by atoms with Crippen LogP contribution in [0.4, 0.5) is 4.39 Å². The highest BCUT2D eigenvalue weighted by atomic mass is 19.1. The standard InChI is InChI=1S/C16H20FN3/c1-2-8-18-11-13-10-14(17)5-6-16(13)20-9-7-15(19-20)12-3-4-12/h5-7,9-10,12,18H,2-4,8,11H2,1H3. The molecule has 3 rings (SSSR count). The van der Waals surface area contributed by atoms with Crippen molar-refractivity contribution < 1.29 is 4.39 Å². The van der Waals surface area contributed by atoms with Crippen molar-refractivity contribution in [3.05, 3.63) is 47.5 Å². The normalized spacial score (nSPS) is 14.7. The van der Waals surface area contributed by atoms with Crippen LogP contribution < -0.4 is 5.32 Å². The van der Waals surface area contributed by atoms with E-state index in [0.717, 1.165) is 29.9 Å². The van der Waals surface area contributed by atoms with Crippen molar-refractivity contribution in [1.82, 2.24) is 15.1 Å². The van der Waals surface area contributed by atoms with Gasteiger partial charge in [-0.25, -0.2) is 9.07 Å². The second-order valence-corrected chi connectivity index (χ2v) is 5.41. The molecule has 0 aliphatic heterocycles. The molecule has 0 saturated heterocycles. The first kappa shape index (κ1) is 13.3. The molecule has 0 amide bonds. The predicted octanol–water partition coefficient (Wildman–Crippen LogP) is 3.39. The molecule has 0 radical (unpaired) electrons. The number of hydrogen-bond donors (Lipinski definition) is 1. The topological polar surface area (TPSA) is 29.9 Å². The van der Waals surface area contributed by atoms with Crippen LogP contribution in [0, 0.1) is 5.82 Å². The molecule has 1 saturated carbocycles. The van der Waals surface area contributed by atoms with Gasteiger partial charge in [-0.1, -0.05) is 6.92 Å². The van der Waals surface area contributed by atoms with E-state index >= 15 is 0 Å². The van der Waals surface area contributed by atoms with Gasteiger partial charge in [0.1, 0.15) is 5.82 Å². The van der Waals surface area contributed by atoms with Gasteiger partial charge in [0.25, 0.3) is 0 Å². The first-order chi connectivity index (χ1) is 9.78. The molecular formula is C16H20FN3. The van der Waals surface area contributed by atoms with E-state index in [0.29, 0.717) is 12.5 Å². The lowest BCUT2D eigenvalue weighted by Gasteiger charge is -2.10. The largest absolute Gasteiger partial charge is 0.313 e. The van der Waals surface area contributed by atoms with E-state index in [1.807, 2.05) is 16.9 Å². The van der Waals surface area contributed by atoms with Crippen molar-refractivity contribution in [2.45, 2.75) is 38.6 Å². The van der Waals surface area contributed by atoms with Crippen LogP contribution in [0.1, 0.15) is 43.4 Å². The number of aromatic nitrogens is 2. The molecule has 2 aromatic rings. The Morgan fingerprint density at radius 3 is 2.95 bits per heavy atom. The van der Waals surface area contributed by atoms with Crippen molar-refractivity contribution in [3.8, 4) is 5.69 Å². The molecule has 1 aliphatic rings. The molecule has 1 aliphatic carbocycles. The fraction of sp³-hybridized carbons (Fsp3) is 0.438. The van der Waals surface area contributed by atoms with E-state index in [1.165, 1.54) is 18.9 Å². The third-order valence-corrected chi connectivity index (χ3v) is 3.64. The van der Waals surface area contributed by atoms with E-state index in [9.17, 15) is 4.39 Å². The Hall–Kier alpha value is -1.68. The highest BCUT2D eigenvalue weighted by Gasteiger charge is 2.26. The Morgan fingerprint density at radius 1 is 1.35 bits per heavy atom. The molecule has 3 nitrogen and oxygen atoms in total. The third-order valence-electron chi connectivity index (χ3n) is 3.64. The van der Waals surface area contributed by atoms with Crippen molar-refractivity contribution in [2.24, 2.45) is 0 Å². The first-order valence-electron chi connectivity index (χ1n) is 7.33. The average molecular weight is 273 g/mol. The van der Waals surface area contributed by atoms with Crippen LogP contribution in [0.2, 0.25) is 0 Å². The molecule has 1 aromatic carbocycles. The Labute approximate surface area is 118 Å². The van der Waals surface area contributed by atoms with Gasteiger partial charge in [-0.3, -0.25) is 0 Å². The summed E-state index contributed by atoms with van der Waals surface area (Å²) < 4.78 is 15.3. The van der Waals surface area contributed by atoms with Crippen molar-refractivity contribution in [1.29, 1.82) is 0 Å². The Morgan fingerprint density at radius 2 is 2.20 bits per heavy atom. The maximum absolute atomic E-state index is 13.5. The lowest BCUT2D eigenvalue weighted by molar-refractivity contribution is 0.616. The smallest absolute Gasteiger partial charge is 0.123 e. The van der Waals surface area contributed by atoms with Crippen LogP contribution in [0.15, 0.2) is 30.5 Å². The van der Waals surface area contributed by atoms with E-state index in [-0.39, 0.29) is 5.82 Å². The van der Waals surface area contributed by atoms with Gasteiger partial charge in [-0.2, -0.15) is 5.10 Å². The SMILES string of the molecule is CCCNCc1cc(F)ccc1-n1ccc(C2CC2)n1. The molecule has 1 fully saturated rings. The molecular weight excluding hydrogens is 253 g/mol. The quantitative estimate of drug-likeness (QED) is 0.818. The number of halogens is 1. The monoisotopic (exact) mass is 273 g/mol. The highest BCUT2D eigenvalue weighted by Crippen LogP contribution is 2.39. The van der Waals surface area contributed by atoms with Crippen molar-refractivity contribution in [3.63, 3.8) is 0 Å². The third kappa shape index (κ3) is 2.90. The summed E-state index contributed by atoms with van der Waals surface area (Å²) >= 11 is 0. The second kappa shape index (κ2) is 5.75. The zero-order chi connectivity index (χ0) is 13.9. The maximum Gasteiger partial charge on any atom is 0.123 e. The molecule has 1 N–H and O–H groups in total. The zero-order valence-corrected chi connectivity index (χ0v) is 11.8. The summed E-state index contributed by atoms with van der Waals surface area (Å²) in [4.78, 5) is 0. The number of nitrogens with zero attached hydrogens (tertiary/aromatic N) is 2. The molecule has 4 heteroatoms. The number of hydrogen-bond acceptors (Lipinski definition) is 2. The summed E-state index contributed by atoms with van der Waals surface area (Å²) in [5.74, 6) is 0.440. The van der Waals surface area contributed by atoms with Gasteiger partial charge in [-0.15, -0.1) is 0 Å². The van der Waals surface area contributed by atoms with Crippen LogP contribution in [-0.2, 0) is 6.54 Å². The number of nitrogens with one attached hydrogen (secondary N) is 1. The summed E-state index contributed by atoms with van der Waals surface area (Å²) in [6, 6.07) is 6.97. The van der Waals surface area contributed by atoms with E-state index in [4.69, 9.17) is 0 Å². The van der Waals surface area contributed by atoms with Crippen molar-refractivity contribution >= 4 is 0 Å². The van der Waals surface area contributed by atoms with E-state index < -0.39 is 0 Å². The van der Waals surface area contributed by atoms with Crippen LogP contribution in [0.3, 0.4) is 0 Å². The minimum Gasteiger partial charge on any atom is -0.313 e. The molecule has 0 bridgehead atoms. The summed E-state index contributed by atoms with van der Waals surface area (Å²) in [5, 5.41) is 7.95. The molecule has 20 heavy (non-hydrogen) atoms. The summed E-state index contributed by atoms with van der Waals surface area (Å²) in [6.45, 7) is 3.72. The number of benzene rings is 1. The van der Waals surface area contributed by atoms with Crippen LogP contribution in [-0.4, -0.2) is 16.3 Å². The van der Waals surface area contributed by atoms with Gasteiger partial charge in [0, 0.05) is 18.7 Å². The lowest BCUT2D eigenvalue weighted by Crippen LogP contribution is -2.16. The Kier molecular flexibility index (Phi) is 3.83. The lowest BCUT2D eigenvalue weighted by atomic mass is 10.1.